The Morgan fingerprint density at radius 1 is 0.897 bits per heavy atom. The SMILES string of the molecule is Cc1ccc(OCC(=O)N2CCN(C(=O)c3ccc(N(C)C)cc3)CC2)cc1C. The van der Waals surface area contributed by atoms with Gasteiger partial charge in [0, 0.05) is 51.5 Å². The molecule has 0 aliphatic carbocycles. The topological polar surface area (TPSA) is 53.1 Å². The number of hydrogen-bond acceptors (Lipinski definition) is 4. The molecule has 1 aliphatic heterocycles. The molecule has 0 N–H and O–H groups in total. The highest BCUT2D eigenvalue weighted by atomic mass is 16.5. The molecule has 0 bridgehead atoms. The summed E-state index contributed by atoms with van der Waals surface area (Å²) in [5.41, 5.74) is 4.07. The molecular weight excluding hydrogens is 366 g/mol. The van der Waals surface area contributed by atoms with E-state index in [0.29, 0.717) is 37.5 Å². The van der Waals surface area contributed by atoms with Crippen LogP contribution in [0.5, 0.6) is 5.75 Å². The summed E-state index contributed by atoms with van der Waals surface area (Å²) >= 11 is 0. The highest BCUT2D eigenvalue weighted by molar-refractivity contribution is 5.94. The van der Waals surface area contributed by atoms with Gasteiger partial charge in [0.1, 0.15) is 5.75 Å². The smallest absolute Gasteiger partial charge is 0.260 e. The van der Waals surface area contributed by atoms with Crippen molar-refractivity contribution in [3.8, 4) is 5.75 Å². The van der Waals surface area contributed by atoms with E-state index in [9.17, 15) is 9.59 Å². The maximum atomic E-state index is 12.7. The van der Waals surface area contributed by atoms with E-state index in [1.54, 1.807) is 9.80 Å². The van der Waals surface area contributed by atoms with Gasteiger partial charge in [0.25, 0.3) is 11.8 Å². The van der Waals surface area contributed by atoms with Gasteiger partial charge >= 0.3 is 0 Å². The highest BCUT2D eigenvalue weighted by Gasteiger charge is 2.25. The Kier molecular flexibility index (Phi) is 6.42. The van der Waals surface area contributed by atoms with Gasteiger partial charge < -0.3 is 19.4 Å². The van der Waals surface area contributed by atoms with Crippen LogP contribution in [-0.4, -0.2) is 68.5 Å². The lowest BCUT2D eigenvalue weighted by Crippen LogP contribution is -2.51. The summed E-state index contributed by atoms with van der Waals surface area (Å²) in [4.78, 5) is 30.7. The van der Waals surface area contributed by atoms with E-state index >= 15 is 0 Å². The summed E-state index contributed by atoms with van der Waals surface area (Å²) in [6.45, 7) is 6.19. The molecule has 1 saturated heterocycles. The molecule has 1 aliphatic rings. The molecule has 29 heavy (non-hydrogen) atoms. The zero-order valence-corrected chi connectivity index (χ0v) is 17.6. The number of piperazine rings is 1. The van der Waals surface area contributed by atoms with E-state index in [4.69, 9.17) is 4.74 Å². The number of carbonyl (C=O) groups excluding carboxylic acids is 2. The molecular formula is C23H29N3O3. The first-order chi connectivity index (χ1) is 13.8. The molecule has 3 rings (SSSR count). The minimum absolute atomic E-state index is 0.00813. The fraction of sp³-hybridized carbons (Fsp3) is 0.391. The van der Waals surface area contributed by atoms with E-state index in [1.807, 2.05) is 75.3 Å². The summed E-state index contributed by atoms with van der Waals surface area (Å²) in [7, 11) is 3.94. The lowest BCUT2D eigenvalue weighted by atomic mass is 10.1. The standard InChI is InChI=1S/C23H29N3O3/c1-17-5-10-21(15-18(17)2)29-16-22(27)25-11-13-26(14-12-25)23(28)19-6-8-20(9-7-19)24(3)4/h5-10,15H,11-14,16H2,1-4H3. The van der Waals surface area contributed by atoms with Crippen LogP contribution in [0.25, 0.3) is 0 Å². The van der Waals surface area contributed by atoms with Gasteiger partial charge in [-0.1, -0.05) is 6.07 Å². The van der Waals surface area contributed by atoms with Crippen molar-refractivity contribution in [2.24, 2.45) is 0 Å². The second-order valence-corrected chi connectivity index (χ2v) is 7.65. The molecule has 1 heterocycles. The molecule has 6 heteroatoms. The first-order valence-corrected chi connectivity index (χ1v) is 9.89. The molecule has 1 fully saturated rings. The van der Waals surface area contributed by atoms with Crippen LogP contribution >= 0.6 is 0 Å². The molecule has 0 aromatic heterocycles. The van der Waals surface area contributed by atoms with Crippen LogP contribution in [0, 0.1) is 13.8 Å². The third kappa shape index (κ3) is 5.08. The van der Waals surface area contributed by atoms with Crippen molar-refractivity contribution in [2.75, 3.05) is 51.8 Å². The molecule has 2 amide bonds. The quantitative estimate of drug-likeness (QED) is 0.781. The molecule has 2 aromatic rings. The minimum Gasteiger partial charge on any atom is -0.484 e. The Labute approximate surface area is 172 Å². The molecule has 2 aromatic carbocycles. The average molecular weight is 396 g/mol. The van der Waals surface area contributed by atoms with Crippen LogP contribution in [0.2, 0.25) is 0 Å². The summed E-state index contributed by atoms with van der Waals surface area (Å²) in [5.74, 6) is 0.663. The largest absolute Gasteiger partial charge is 0.484 e. The van der Waals surface area contributed by atoms with Crippen molar-refractivity contribution in [3.63, 3.8) is 0 Å². The van der Waals surface area contributed by atoms with Crippen molar-refractivity contribution in [2.45, 2.75) is 13.8 Å². The van der Waals surface area contributed by atoms with E-state index in [1.165, 1.54) is 5.56 Å². The van der Waals surface area contributed by atoms with Gasteiger partial charge in [0.2, 0.25) is 0 Å². The molecule has 0 unspecified atom stereocenters. The van der Waals surface area contributed by atoms with E-state index in [-0.39, 0.29) is 18.4 Å². The monoisotopic (exact) mass is 395 g/mol. The van der Waals surface area contributed by atoms with Gasteiger partial charge in [-0.15, -0.1) is 0 Å². The number of aryl methyl sites for hydroxylation is 2. The maximum Gasteiger partial charge on any atom is 0.260 e. The number of carbonyl (C=O) groups is 2. The molecule has 6 nitrogen and oxygen atoms in total. The van der Waals surface area contributed by atoms with Crippen molar-refractivity contribution in [1.82, 2.24) is 9.80 Å². The van der Waals surface area contributed by atoms with Crippen molar-refractivity contribution < 1.29 is 14.3 Å². The Balaban J connectivity index is 1.49. The average Bonchev–Trinajstić information content (AvgIpc) is 2.74. The van der Waals surface area contributed by atoms with Gasteiger partial charge in [-0.3, -0.25) is 9.59 Å². The Morgan fingerprint density at radius 2 is 1.52 bits per heavy atom. The number of amides is 2. The Bertz CT molecular complexity index is 869. The minimum atomic E-state index is -0.0503. The van der Waals surface area contributed by atoms with E-state index in [0.717, 1.165) is 11.3 Å². The van der Waals surface area contributed by atoms with Crippen LogP contribution in [0.15, 0.2) is 42.5 Å². The predicted molar refractivity (Wildman–Crippen MR) is 115 cm³/mol. The first-order valence-electron chi connectivity index (χ1n) is 9.89. The lowest BCUT2D eigenvalue weighted by Gasteiger charge is -2.34. The third-order valence-electron chi connectivity index (χ3n) is 5.39. The van der Waals surface area contributed by atoms with Gasteiger partial charge in [-0.2, -0.15) is 0 Å². The Hall–Kier alpha value is -3.02. The molecule has 0 radical (unpaired) electrons. The van der Waals surface area contributed by atoms with Gasteiger partial charge in [-0.25, -0.2) is 0 Å². The van der Waals surface area contributed by atoms with E-state index in [2.05, 4.69) is 0 Å². The van der Waals surface area contributed by atoms with Gasteiger partial charge in [-0.05, 0) is 61.4 Å². The fourth-order valence-corrected chi connectivity index (χ4v) is 3.28. The van der Waals surface area contributed by atoms with E-state index < -0.39 is 0 Å². The fourth-order valence-electron chi connectivity index (χ4n) is 3.28. The Morgan fingerprint density at radius 3 is 2.10 bits per heavy atom. The lowest BCUT2D eigenvalue weighted by molar-refractivity contribution is -0.134. The molecule has 0 spiro atoms. The van der Waals surface area contributed by atoms with Crippen molar-refractivity contribution >= 4 is 17.5 Å². The second kappa shape index (κ2) is 8.99. The van der Waals surface area contributed by atoms with Crippen LogP contribution in [-0.2, 0) is 4.79 Å². The van der Waals surface area contributed by atoms with Crippen LogP contribution in [0.3, 0.4) is 0 Å². The van der Waals surface area contributed by atoms with Crippen molar-refractivity contribution in [3.05, 3.63) is 59.2 Å². The van der Waals surface area contributed by atoms with Gasteiger partial charge in [0.05, 0.1) is 0 Å². The normalized spacial score (nSPS) is 13.9. The van der Waals surface area contributed by atoms with Crippen LogP contribution in [0.4, 0.5) is 5.69 Å². The zero-order valence-electron chi connectivity index (χ0n) is 17.6. The summed E-state index contributed by atoms with van der Waals surface area (Å²) in [6, 6.07) is 13.4. The second-order valence-electron chi connectivity index (χ2n) is 7.65. The van der Waals surface area contributed by atoms with Crippen LogP contribution < -0.4 is 9.64 Å². The number of ether oxygens (including phenoxy) is 1. The summed E-state index contributed by atoms with van der Waals surface area (Å²) in [6.07, 6.45) is 0. The summed E-state index contributed by atoms with van der Waals surface area (Å²) in [5, 5.41) is 0. The zero-order chi connectivity index (χ0) is 21.0. The van der Waals surface area contributed by atoms with Crippen LogP contribution in [0.1, 0.15) is 21.5 Å². The highest BCUT2D eigenvalue weighted by Crippen LogP contribution is 2.17. The number of benzene rings is 2. The maximum absolute atomic E-state index is 12.7. The number of anilines is 1. The third-order valence-corrected chi connectivity index (χ3v) is 5.39. The number of nitrogens with zero attached hydrogens (tertiary/aromatic N) is 3. The molecule has 0 atom stereocenters. The number of rotatable bonds is 5. The van der Waals surface area contributed by atoms with Crippen molar-refractivity contribution in [1.29, 1.82) is 0 Å². The molecule has 154 valence electrons. The molecule has 0 saturated carbocycles. The predicted octanol–water partition coefficient (Wildman–Crippen LogP) is 2.73. The van der Waals surface area contributed by atoms with Gasteiger partial charge in [0.15, 0.2) is 6.61 Å². The number of hydrogen-bond donors (Lipinski definition) is 0. The summed E-state index contributed by atoms with van der Waals surface area (Å²) < 4.78 is 5.66. The first kappa shape index (κ1) is 20.7.